The van der Waals surface area contributed by atoms with E-state index in [0.717, 1.165) is 13.0 Å². The molecule has 0 spiro atoms. The van der Waals surface area contributed by atoms with Crippen LogP contribution in [0.5, 0.6) is 0 Å². The van der Waals surface area contributed by atoms with E-state index in [0.29, 0.717) is 12.1 Å². The monoisotopic (exact) mass is 191 g/mol. The SMILES string of the molecule is COC1CCNC1c1ccc(C)cc1. The van der Waals surface area contributed by atoms with E-state index in [2.05, 4.69) is 36.5 Å². The topological polar surface area (TPSA) is 21.3 Å². The Morgan fingerprint density at radius 3 is 2.64 bits per heavy atom. The van der Waals surface area contributed by atoms with Crippen LogP contribution in [0.1, 0.15) is 23.6 Å². The highest BCUT2D eigenvalue weighted by Crippen LogP contribution is 2.25. The quantitative estimate of drug-likeness (QED) is 0.772. The van der Waals surface area contributed by atoms with Gasteiger partial charge < -0.3 is 10.1 Å². The number of hydrogen-bond acceptors (Lipinski definition) is 2. The maximum atomic E-state index is 5.45. The maximum absolute atomic E-state index is 5.45. The van der Waals surface area contributed by atoms with Gasteiger partial charge in [-0.1, -0.05) is 29.8 Å². The van der Waals surface area contributed by atoms with Crippen LogP contribution in [0.2, 0.25) is 0 Å². The molecule has 1 fully saturated rings. The fourth-order valence-corrected chi connectivity index (χ4v) is 2.04. The fraction of sp³-hybridized carbons (Fsp3) is 0.500. The molecule has 2 atom stereocenters. The second-order valence-electron chi connectivity index (χ2n) is 3.91. The highest BCUT2D eigenvalue weighted by Gasteiger charge is 2.27. The average Bonchev–Trinajstić information content (AvgIpc) is 2.67. The summed E-state index contributed by atoms with van der Waals surface area (Å²) in [5, 5.41) is 3.47. The van der Waals surface area contributed by atoms with Crippen molar-refractivity contribution in [3.63, 3.8) is 0 Å². The van der Waals surface area contributed by atoms with Gasteiger partial charge in [-0.15, -0.1) is 0 Å². The molecule has 14 heavy (non-hydrogen) atoms. The zero-order valence-electron chi connectivity index (χ0n) is 8.79. The molecule has 0 bridgehead atoms. The Labute approximate surface area is 85.3 Å². The van der Waals surface area contributed by atoms with E-state index < -0.39 is 0 Å². The number of benzene rings is 1. The molecule has 1 heterocycles. The molecule has 2 heteroatoms. The molecule has 1 saturated heterocycles. The van der Waals surface area contributed by atoms with E-state index in [4.69, 9.17) is 4.74 Å². The molecule has 1 aliphatic heterocycles. The maximum Gasteiger partial charge on any atom is 0.0778 e. The summed E-state index contributed by atoms with van der Waals surface area (Å²) in [6, 6.07) is 9.05. The Morgan fingerprint density at radius 1 is 1.29 bits per heavy atom. The van der Waals surface area contributed by atoms with Crippen LogP contribution in [0, 0.1) is 6.92 Å². The molecule has 0 aliphatic carbocycles. The third-order valence-corrected chi connectivity index (χ3v) is 2.90. The van der Waals surface area contributed by atoms with Crippen molar-refractivity contribution in [1.29, 1.82) is 0 Å². The van der Waals surface area contributed by atoms with Crippen LogP contribution < -0.4 is 5.32 Å². The van der Waals surface area contributed by atoms with Crippen LogP contribution in [0.15, 0.2) is 24.3 Å². The first-order valence-electron chi connectivity index (χ1n) is 5.14. The van der Waals surface area contributed by atoms with Crippen molar-refractivity contribution in [2.45, 2.75) is 25.5 Å². The van der Waals surface area contributed by atoms with Gasteiger partial charge in [0.25, 0.3) is 0 Å². The Bertz CT molecular complexity index is 294. The van der Waals surface area contributed by atoms with Gasteiger partial charge in [0.05, 0.1) is 12.1 Å². The van der Waals surface area contributed by atoms with Gasteiger partial charge in [0.1, 0.15) is 0 Å². The molecular weight excluding hydrogens is 174 g/mol. The molecule has 1 aromatic rings. The van der Waals surface area contributed by atoms with Gasteiger partial charge in [0, 0.05) is 7.11 Å². The standard InChI is InChI=1S/C12H17NO/c1-9-3-5-10(6-4-9)12-11(14-2)7-8-13-12/h3-6,11-13H,7-8H2,1-2H3. The molecule has 0 aromatic heterocycles. The number of aryl methyl sites for hydroxylation is 1. The predicted molar refractivity (Wildman–Crippen MR) is 57.3 cm³/mol. The van der Waals surface area contributed by atoms with E-state index in [-0.39, 0.29) is 0 Å². The lowest BCUT2D eigenvalue weighted by Gasteiger charge is -2.18. The molecule has 2 nitrogen and oxygen atoms in total. The zero-order chi connectivity index (χ0) is 9.97. The summed E-state index contributed by atoms with van der Waals surface area (Å²) >= 11 is 0. The molecular formula is C12H17NO. The summed E-state index contributed by atoms with van der Waals surface area (Å²) in [5.41, 5.74) is 2.64. The summed E-state index contributed by atoms with van der Waals surface area (Å²) in [5.74, 6) is 0. The van der Waals surface area contributed by atoms with E-state index in [1.54, 1.807) is 7.11 Å². The summed E-state index contributed by atoms with van der Waals surface area (Å²) < 4.78 is 5.45. The number of hydrogen-bond donors (Lipinski definition) is 1. The zero-order valence-corrected chi connectivity index (χ0v) is 8.79. The summed E-state index contributed by atoms with van der Waals surface area (Å²) in [7, 11) is 1.79. The van der Waals surface area contributed by atoms with E-state index >= 15 is 0 Å². The highest BCUT2D eigenvalue weighted by atomic mass is 16.5. The molecule has 1 N–H and O–H groups in total. The Morgan fingerprint density at radius 2 is 2.00 bits per heavy atom. The van der Waals surface area contributed by atoms with Crippen LogP contribution in [-0.4, -0.2) is 19.8 Å². The van der Waals surface area contributed by atoms with Gasteiger partial charge in [-0.3, -0.25) is 0 Å². The predicted octanol–water partition coefficient (Wildman–Crippen LogP) is 2.04. The van der Waals surface area contributed by atoms with Crippen molar-refractivity contribution in [2.75, 3.05) is 13.7 Å². The Hall–Kier alpha value is -0.860. The van der Waals surface area contributed by atoms with Crippen LogP contribution in [-0.2, 0) is 4.74 Å². The van der Waals surface area contributed by atoms with Gasteiger partial charge in [0.2, 0.25) is 0 Å². The average molecular weight is 191 g/mol. The van der Waals surface area contributed by atoms with Crippen molar-refractivity contribution in [2.24, 2.45) is 0 Å². The minimum absolute atomic E-state index is 0.331. The summed E-state index contributed by atoms with van der Waals surface area (Å²) in [6.45, 7) is 3.16. The molecule has 1 aromatic carbocycles. The van der Waals surface area contributed by atoms with Crippen molar-refractivity contribution >= 4 is 0 Å². The molecule has 2 rings (SSSR count). The van der Waals surface area contributed by atoms with Crippen molar-refractivity contribution in [3.05, 3.63) is 35.4 Å². The first-order valence-corrected chi connectivity index (χ1v) is 5.14. The molecule has 0 radical (unpaired) electrons. The molecule has 0 saturated carbocycles. The fourth-order valence-electron chi connectivity index (χ4n) is 2.04. The van der Waals surface area contributed by atoms with Gasteiger partial charge in [0.15, 0.2) is 0 Å². The van der Waals surface area contributed by atoms with E-state index in [9.17, 15) is 0 Å². The van der Waals surface area contributed by atoms with Crippen LogP contribution >= 0.6 is 0 Å². The van der Waals surface area contributed by atoms with Gasteiger partial charge >= 0.3 is 0 Å². The first kappa shape index (κ1) is 9.69. The molecule has 0 amide bonds. The summed E-state index contributed by atoms with van der Waals surface area (Å²) in [6.07, 6.45) is 1.44. The minimum atomic E-state index is 0.331. The number of methoxy groups -OCH3 is 1. The number of ether oxygens (including phenoxy) is 1. The van der Waals surface area contributed by atoms with Crippen LogP contribution in [0.3, 0.4) is 0 Å². The lowest BCUT2D eigenvalue weighted by Crippen LogP contribution is -2.22. The normalized spacial score (nSPS) is 26.7. The van der Waals surface area contributed by atoms with Gasteiger partial charge in [-0.25, -0.2) is 0 Å². The van der Waals surface area contributed by atoms with E-state index in [1.165, 1.54) is 11.1 Å². The lowest BCUT2D eigenvalue weighted by molar-refractivity contribution is 0.0920. The molecule has 76 valence electrons. The molecule has 1 aliphatic rings. The van der Waals surface area contributed by atoms with Crippen molar-refractivity contribution in [1.82, 2.24) is 5.32 Å². The van der Waals surface area contributed by atoms with Gasteiger partial charge in [-0.05, 0) is 25.5 Å². The highest BCUT2D eigenvalue weighted by molar-refractivity contribution is 5.25. The lowest BCUT2D eigenvalue weighted by atomic mass is 10.0. The second-order valence-corrected chi connectivity index (χ2v) is 3.91. The second kappa shape index (κ2) is 4.11. The van der Waals surface area contributed by atoms with Crippen LogP contribution in [0.25, 0.3) is 0 Å². The van der Waals surface area contributed by atoms with E-state index in [1.807, 2.05) is 0 Å². The summed E-state index contributed by atoms with van der Waals surface area (Å²) in [4.78, 5) is 0. The van der Waals surface area contributed by atoms with Crippen molar-refractivity contribution < 1.29 is 4.74 Å². The third kappa shape index (κ3) is 1.81. The Kier molecular flexibility index (Phi) is 2.85. The largest absolute Gasteiger partial charge is 0.379 e. The molecule has 2 unspecified atom stereocenters. The first-order chi connectivity index (χ1) is 6.81. The number of rotatable bonds is 2. The Balaban J connectivity index is 2.17. The van der Waals surface area contributed by atoms with Gasteiger partial charge in [-0.2, -0.15) is 0 Å². The number of nitrogens with one attached hydrogen (secondary N) is 1. The minimum Gasteiger partial charge on any atom is -0.379 e. The third-order valence-electron chi connectivity index (χ3n) is 2.90. The van der Waals surface area contributed by atoms with Crippen LogP contribution in [0.4, 0.5) is 0 Å². The smallest absolute Gasteiger partial charge is 0.0778 e. The van der Waals surface area contributed by atoms with Crippen molar-refractivity contribution in [3.8, 4) is 0 Å².